The maximum atomic E-state index is 12.6. The van der Waals surface area contributed by atoms with Gasteiger partial charge in [-0.2, -0.15) is 0 Å². The zero-order valence-electron chi connectivity index (χ0n) is 8.95. The van der Waals surface area contributed by atoms with Gasteiger partial charge >= 0.3 is 0 Å². The van der Waals surface area contributed by atoms with Gasteiger partial charge in [-0.3, -0.25) is 0 Å². The molecule has 3 heteroatoms. The number of benzene rings is 1. The molecule has 0 radical (unpaired) electrons. The van der Waals surface area contributed by atoms with Gasteiger partial charge in [0.1, 0.15) is 11.9 Å². The first-order chi connectivity index (χ1) is 7.24. The summed E-state index contributed by atoms with van der Waals surface area (Å²) in [6.07, 6.45) is 1.41. The fourth-order valence-corrected chi connectivity index (χ4v) is 1.22. The van der Waals surface area contributed by atoms with Crippen LogP contribution in [0.15, 0.2) is 24.3 Å². The Labute approximate surface area is 89.7 Å². The summed E-state index contributed by atoms with van der Waals surface area (Å²) in [7, 11) is 0. The molecule has 1 rings (SSSR count). The van der Waals surface area contributed by atoms with Crippen LogP contribution in [-0.2, 0) is 4.74 Å². The minimum absolute atomic E-state index is 0.269. The summed E-state index contributed by atoms with van der Waals surface area (Å²) in [5.74, 6) is -0.294. The van der Waals surface area contributed by atoms with E-state index in [0.717, 1.165) is 12.8 Å². The van der Waals surface area contributed by atoms with Crippen LogP contribution >= 0.6 is 0 Å². The highest BCUT2D eigenvalue weighted by molar-refractivity contribution is 5.18. The van der Waals surface area contributed by atoms with E-state index >= 15 is 0 Å². The van der Waals surface area contributed by atoms with E-state index in [4.69, 9.17) is 4.74 Å². The third-order valence-electron chi connectivity index (χ3n) is 2.17. The maximum absolute atomic E-state index is 12.6. The number of hydrogen-bond acceptors (Lipinski definition) is 2. The van der Waals surface area contributed by atoms with Crippen LogP contribution in [0.1, 0.15) is 31.4 Å². The van der Waals surface area contributed by atoms with Crippen LogP contribution in [-0.4, -0.2) is 18.3 Å². The molecule has 15 heavy (non-hydrogen) atoms. The van der Waals surface area contributed by atoms with Gasteiger partial charge in [0, 0.05) is 6.61 Å². The van der Waals surface area contributed by atoms with Gasteiger partial charge in [0.25, 0.3) is 0 Å². The second kappa shape index (κ2) is 6.53. The molecule has 1 aromatic rings. The molecule has 0 bridgehead atoms. The summed E-state index contributed by atoms with van der Waals surface area (Å²) >= 11 is 0. The van der Waals surface area contributed by atoms with Crippen molar-refractivity contribution in [1.29, 1.82) is 0 Å². The second-order valence-corrected chi connectivity index (χ2v) is 3.50. The summed E-state index contributed by atoms with van der Waals surface area (Å²) in [4.78, 5) is 0. The molecule has 0 heterocycles. The average Bonchev–Trinajstić information content (AvgIpc) is 2.25. The van der Waals surface area contributed by atoms with Gasteiger partial charge in [-0.25, -0.2) is 4.39 Å². The molecule has 2 nitrogen and oxygen atoms in total. The lowest BCUT2D eigenvalue weighted by atomic mass is 10.1. The molecule has 1 atom stereocenters. The minimum Gasteiger partial charge on any atom is -0.386 e. The van der Waals surface area contributed by atoms with Crippen molar-refractivity contribution < 1.29 is 14.2 Å². The highest BCUT2D eigenvalue weighted by atomic mass is 19.1. The van der Waals surface area contributed by atoms with Gasteiger partial charge in [0.15, 0.2) is 0 Å². The Morgan fingerprint density at radius 2 is 2.00 bits per heavy atom. The van der Waals surface area contributed by atoms with Gasteiger partial charge in [0.2, 0.25) is 0 Å². The molecule has 0 spiro atoms. The van der Waals surface area contributed by atoms with Gasteiger partial charge in [-0.15, -0.1) is 0 Å². The van der Waals surface area contributed by atoms with Crippen molar-refractivity contribution in [3.8, 4) is 0 Å². The molecule has 1 N–H and O–H groups in total. The van der Waals surface area contributed by atoms with Crippen molar-refractivity contribution in [1.82, 2.24) is 0 Å². The summed E-state index contributed by atoms with van der Waals surface area (Å²) in [6, 6.07) is 5.82. The number of halogens is 1. The highest BCUT2D eigenvalue weighted by Crippen LogP contribution is 2.13. The Morgan fingerprint density at radius 3 is 2.60 bits per heavy atom. The normalized spacial score (nSPS) is 12.7. The first-order valence-corrected chi connectivity index (χ1v) is 5.25. The zero-order valence-corrected chi connectivity index (χ0v) is 8.95. The third kappa shape index (κ3) is 4.40. The first-order valence-electron chi connectivity index (χ1n) is 5.25. The number of rotatable bonds is 6. The van der Waals surface area contributed by atoms with Crippen LogP contribution in [0.2, 0.25) is 0 Å². The van der Waals surface area contributed by atoms with Crippen molar-refractivity contribution >= 4 is 0 Å². The van der Waals surface area contributed by atoms with E-state index in [0.29, 0.717) is 12.2 Å². The molecule has 0 amide bonds. The predicted octanol–water partition coefficient (Wildman–Crippen LogP) is 2.68. The molecule has 0 aliphatic rings. The van der Waals surface area contributed by atoms with E-state index in [1.807, 2.05) is 0 Å². The first kappa shape index (κ1) is 12.1. The van der Waals surface area contributed by atoms with E-state index in [2.05, 4.69) is 6.92 Å². The monoisotopic (exact) mass is 212 g/mol. The van der Waals surface area contributed by atoms with Gasteiger partial charge in [-0.05, 0) is 24.1 Å². The maximum Gasteiger partial charge on any atom is 0.123 e. The van der Waals surface area contributed by atoms with Crippen molar-refractivity contribution in [2.75, 3.05) is 13.2 Å². The number of ether oxygens (including phenoxy) is 1. The summed E-state index contributed by atoms with van der Waals surface area (Å²) in [6.45, 7) is 3.01. The number of aliphatic hydroxyl groups is 1. The quantitative estimate of drug-likeness (QED) is 0.734. The molecule has 84 valence electrons. The molecule has 1 aromatic carbocycles. The average molecular weight is 212 g/mol. The molecule has 0 aliphatic carbocycles. The van der Waals surface area contributed by atoms with E-state index < -0.39 is 6.10 Å². The summed E-state index contributed by atoms with van der Waals surface area (Å²) < 4.78 is 17.9. The van der Waals surface area contributed by atoms with Gasteiger partial charge < -0.3 is 9.84 Å². The van der Waals surface area contributed by atoms with Gasteiger partial charge in [-0.1, -0.05) is 25.5 Å². The summed E-state index contributed by atoms with van der Waals surface area (Å²) in [5, 5.41) is 9.66. The van der Waals surface area contributed by atoms with Crippen LogP contribution in [0.5, 0.6) is 0 Å². The van der Waals surface area contributed by atoms with Crippen LogP contribution in [0.25, 0.3) is 0 Å². The van der Waals surface area contributed by atoms with Gasteiger partial charge in [0.05, 0.1) is 6.61 Å². The SMILES string of the molecule is CCCCOC[C@H](O)c1ccc(F)cc1. The van der Waals surface area contributed by atoms with Crippen LogP contribution in [0, 0.1) is 5.82 Å². The Bertz CT molecular complexity index is 271. The predicted molar refractivity (Wildman–Crippen MR) is 57.1 cm³/mol. The van der Waals surface area contributed by atoms with E-state index in [1.165, 1.54) is 12.1 Å². The summed E-state index contributed by atoms with van der Waals surface area (Å²) in [5.41, 5.74) is 0.688. The van der Waals surface area contributed by atoms with Crippen molar-refractivity contribution in [3.05, 3.63) is 35.6 Å². The van der Waals surface area contributed by atoms with Crippen LogP contribution < -0.4 is 0 Å². The fraction of sp³-hybridized carbons (Fsp3) is 0.500. The van der Waals surface area contributed by atoms with Crippen LogP contribution in [0.3, 0.4) is 0 Å². The van der Waals surface area contributed by atoms with E-state index in [1.54, 1.807) is 12.1 Å². The minimum atomic E-state index is -0.664. The van der Waals surface area contributed by atoms with Crippen molar-refractivity contribution in [2.45, 2.75) is 25.9 Å². The van der Waals surface area contributed by atoms with E-state index in [-0.39, 0.29) is 12.4 Å². The largest absolute Gasteiger partial charge is 0.386 e. The Balaban J connectivity index is 2.33. The Hall–Kier alpha value is -0.930. The smallest absolute Gasteiger partial charge is 0.123 e. The molecule has 0 unspecified atom stereocenters. The highest BCUT2D eigenvalue weighted by Gasteiger charge is 2.06. The number of aliphatic hydroxyl groups excluding tert-OH is 1. The lowest BCUT2D eigenvalue weighted by molar-refractivity contribution is 0.0349. The van der Waals surface area contributed by atoms with Crippen molar-refractivity contribution in [3.63, 3.8) is 0 Å². The molecular weight excluding hydrogens is 195 g/mol. The Morgan fingerprint density at radius 1 is 1.33 bits per heavy atom. The molecule has 0 fully saturated rings. The van der Waals surface area contributed by atoms with Crippen molar-refractivity contribution in [2.24, 2.45) is 0 Å². The second-order valence-electron chi connectivity index (χ2n) is 3.50. The third-order valence-corrected chi connectivity index (χ3v) is 2.17. The van der Waals surface area contributed by atoms with Crippen LogP contribution in [0.4, 0.5) is 4.39 Å². The van der Waals surface area contributed by atoms with E-state index in [9.17, 15) is 9.50 Å². The molecule has 0 aromatic heterocycles. The topological polar surface area (TPSA) is 29.5 Å². The number of hydrogen-bond donors (Lipinski definition) is 1. The fourth-order valence-electron chi connectivity index (χ4n) is 1.22. The standard InChI is InChI=1S/C12H17FO2/c1-2-3-8-15-9-12(14)10-4-6-11(13)7-5-10/h4-7,12,14H,2-3,8-9H2,1H3/t12-/m0/s1. The molecule has 0 saturated carbocycles. The lowest BCUT2D eigenvalue weighted by Gasteiger charge is -2.11. The molecule has 0 aliphatic heterocycles. The lowest BCUT2D eigenvalue weighted by Crippen LogP contribution is -2.07. The molecular formula is C12H17FO2. The molecule has 0 saturated heterocycles. The zero-order chi connectivity index (χ0) is 11.1. The Kier molecular flexibility index (Phi) is 5.29. The number of unbranched alkanes of at least 4 members (excludes halogenated alkanes) is 1.